The van der Waals surface area contributed by atoms with E-state index >= 15 is 0 Å². The van der Waals surface area contributed by atoms with Gasteiger partial charge in [0.2, 0.25) is 5.91 Å². The molecule has 0 spiro atoms. The summed E-state index contributed by atoms with van der Waals surface area (Å²) in [5.41, 5.74) is 1.88. The van der Waals surface area contributed by atoms with Crippen molar-refractivity contribution in [2.24, 2.45) is 5.92 Å². The third-order valence-electron chi connectivity index (χ3n) is 6.76. The maximum Gasteiger partial charge on any atom is 0.411 e. The van der Waals surface area contributed by atoms with Gasteiger partial charge in [0.05, 0.1) is 12.1 Å². The van der Waals surface area contributed by atoms with Gasteiger partial charge in [-0.25, -0.2) is 4.79 Å². The molecule has 1 N–H and O–H groups in total. The molecular formula is C25H28N2O4. The van der Waals surface area contributed by atoms with Gasteiger partial charge in [0.1, 0.15) is 12.6 Å². The van der Waals surface area contributed by atoms with Crippen molar-refractivity contribution in [3.63, 3.8) is 0 Å². The fraction of sp³-hybridized carbons (Fsp3) is 0.440. The average Bonchev–Trinajstić information content (AvgIpc) is 3.21. The minimum Gasteiger partial charge on any atom is -0.447 e. The van der Waals surface area contributed by atoms with Crippen LogP contribution in [0.2, 0.25) is 0 Å². The van der Waals surface area contributed by atoms with Crippen molar-refractivity contribution in [3.8, 4) is 0 Å². The zero-order valence-electron chi connectivity index (χ0n) is 17.5. The lowest BCUT2D eigenvalue weighted by Gasteiger charge is -2.45. The Labute approximate surface area is 182 Å². The lowest BCUT2D eigenvalue weighted by molar-refractivity contribution is -0.166. The lowest BCUT2D eigenvalue weighted by Crippen LogP contribution is -2.62. The number of nitrogens with zero attached hydrogens (tertiary/aromatic N) is 1. The molecular weight excluding hydrogens is 392 g/mol. The second kappa shape index (κ2) is 8.71. The Morgan fingerprint density at radius 2 is 1.48 bits per heavy atom. The summed E-state index contributed by atoms with van der Waals surface area (Å²) >= 11 is 0. The first-order valence-electron chi connectivity index (χ1n) is 11.2. The molecule has 3 unspecified atom stereocenters. The Morgan fingerprint density at radius 1 is 0.839 bits per heavy atom. The van der Waals surface area contributed by atoms with E-state index in [1.165, 1.54) is 6.42 Å². The van der Waals surface area contributed by atoms with Crippen LogP contribution in [0, 0.1) is 5.92 Å². The maximum absolute atomic E-state index is 13.5. The number of nitrogens with one attached hydrogen (secondary N) is 1. The molecule has 1 saturated carbocycles. The molecule has 162 valence electrons. The first-order valence-corrected chi connectivity index (χ1v) is 11.2. The molecule has 2 amide bonds. The normalized spacial score (nSPS) is 29.5. The minimum atomic E-state index is -0.705. The number of ether oxygens (including phenoxy) is 2. The quantitative estimate of drug-likeness (QED) is 0.799. The van der Waals surface area contributed by atoms with Gasteiger partial charge >= 0.3 is 6.09 Å². The van der Waals surface area contributed by atoms with Crippen molar-refractivity contribution in [2.75, 3.05) is 6.61 Å². The standard InChI is InChI=1S/C25H28N2O4/c28-23-21(27-20(16-30-25(27)29)17-10-4-1-5-11-17)22(18-12-6-2-7-13-18)31-24(26-23)19-14-8-3-9-15-19/h1,3-5,8-11,14-15,18,20-22,24H,2,6-7,12-13,16H2,(H,26,28)/t20-,21?,22?,24?/m1/s1. The van der Waals surface area contributed by atoms with Crippen molar-refractivity contribution < 1.29 is 19.1 Å². The molecule has 2 saturated heterocycles. The van der Waals surface area contributed by atoms with E-state index in [9.17, 15) is 9.59 Å². The number of hydrogen-bond donors (Lipinski definition) is 1. The average molecular weight is 421 g/mol. The van der Waals surface area contributed by atoms with Gasteiger partial charge in [-0.2, -0.15) is 0 Å². The van der Waals surface area contributed by atoms with E-state index in [0.717, 1.165) is 36.8 Å². The van der Waals surface area contributed by atoms with E-state index < -0.39 is 18.4 Å². The van der Waals surface area contributed by atoms with Crippen LogP contribution in [0.1, 0.15) is 55.5 Å². The fourth-order valence-corrected chi connectivity index (χ4v) is 5.21. The van der Waals surface area contributed by atoms with E-state index in [1.54, 1.807) is 4.90 Å². The molecule has 5 rings (SSSR count). The SMILES string of the molecule is O=C1NC(c2ccccc2)OC(C2CCCCC2)C1N1C(=O)OC[C@@H]1c1ccccc1. The van der Waals surface area contributed by atoms with Crippen LogP contribution >= 0.6 is 0 Å². The summed E-state index contributed by atoms with van der Waals surface area (Å²) in [4.78, 5) is 28.0. The van der Waals surface area contributed by atoms with Crippen LogP contribution in [0.5, 0.6) is 0 Å². The second-order valence-electron chi connectivity index (χ2n) is 8.65. The van der Waals surface area contributed by atoms with Gasteiger partial charge in [-0.3, -0.25) is 9.69 Å². The van der Waals surface area contributed by atoms with Gasteiger partial charge in [-0.05, 0) is 24.3 Å². The first kappa shape index (κ1) is 20.1. The van der Waals surface area contributed by atoms with Crippen LogP contribution in [0.3, 0.4) is 0 Å². The molecule has 6 heteroatoms. The van der Waals surface area contributed by atoms with Crippen LogP contribution in [-0.4, -0.2) is 35.7 Å². The molecule has 31 heavy (non-hydrogen) atoms. The highest BCUT2D eigenvalue weighted by atomic mass is 16.6. The topological polar surface area (TPSA) is 67.9 Å². The van der Waals surface area contributed by atoms with Crippen LogP contribution in [0.4, 0.5) is 4.79 Å². The van der Waals surface area contributed by atoms with E-state index in [-0.39, 0.29) is 30.6 Å². The largest absolute Gasteiger partial charge is 0.447 e. The molecule has 2 aromatic rings. The summed E-state index contributed by atoms with van der Waals surface area (Å²) in [6.45, 7) is 0.242. The molecule has 2 aliphatic heterocycles. The predicted octanol–water partition coefficient (Wildman–Crippen LogP) is 4.34. The highest BCUT2D eigenvalue weighted by molar-refractivity contribution is 5.88. The van der Waals surface area contributed by atoms with Gasteiger partial charge < -0.3 is 14.8 Å². The number of amides is 2. The van der Waals surface area contributed by atoms with Crippen molar-refractivity contribution in [1.29, 1.82) is 0 Å². The zero-order valence-corrected chi connectivity index (χ0v) is 17.5. The summed E-state index contributed by atoms with van der Waals surface area (Å²) in [7, 11) is 0. The van der Waals surface area contributed by atoms with E-state index in [1.807, 2.05) is 60.7 Å². The summed E-state index contributed by atoms with van der Waals surface area (Å²) in [6.07, 6.45) is 4.16. The third-order valence-corrected chi connectivity index (χ3v) is 6.76. The Kier molecular flexibility index (Phi) is 5.64. The summed E-state index contributed by atoms with van der Waals surface area (Å²) in [5.74, 6) is 0.0660. The minimum absolute atomic E-state index is 0.171. The van der Waals surface area contributed by atoms with Crippen molar-refractivity contribution in [1.82, 2.24) is 10.2 Å². The number of carbonyl (C=O) groups excluding carboxylic acids is 2. The van der Waals surface area contributed by atoms with Gasteiger partial charge in [-0.15, -0.1) is 0 Å². The van der Waals surface area contributed by atoms with Crippen molar-refractivity contribution in [2.45, 2.75) is 56.5 Å². The summed E-state index contributed by atoms with van der Waals surface area (Å²) in [6, 6.07) is 18.5. The molecule has 3 aliphatic rings. The highest BCUT2D eigenvalue weighted by Crippen LogP contribution is 2.40. The third kappa shape index (κ3) is 3.92. The number of carbonyl (C=O) groups is 2. The van der Waals surface area contributed by atoms with Crippen LogP contribution in [-0.2, 0) is 14.3 Å². The second-order valence-corrected chi connectivity index (χ2v) is 8.65. The zero-order chi connectivity index (χ0) is 21.2. The van der Waals surface area contributed by atoms with E-state index in [2.05, 4.69) is 5.32 Å². The van der Waals surface area contributed by atoms with Crippen LogP contribution < -0.4 is 5.32 Å². The monoisotopic (exact) mass is 420 g/mol. The Bertz CT molecular complexity index is 914. The molecule has 4 atom stereocenters. The molecule has 3 fully saturated rings. The van der Waals surface area contributed by atoms with Crippen LogP contribution in [0.25, 0.3) is 0 Å². The van der Waals surface area contributed by atoms with Gasteiger partial charge in [0.25, 0.3) is 0 Å². The number of cyclic esters (lactones) is 1. The number of hydrogen-bond acceptors (Lipinski definition) is 4. The molecule has 1 aliphatic carbocycles. The molecule has 2 heterocycles. The Hall–Kier alpha value is -2.86. The van der Waals surface area contributed by atoms with Gasteiger partial charge in [-0.1, -0.05) is 79.9 Å². The Balaban J connectivity index is 1.49. The van der Waals surface area contributed by atoms with Crippen molar-refractivity contribution in [3.05, 3.63) is 71.8 Å². The lowest BCUT2D eigenvalue weighted by atomic mass is 9.81. The van der Waals surface area contributed by atoms with E-state index in [4.69, 9.17) is 9.47 Å². The smallest absolute Gasteiger partial charge is 0.411 e. The summed E-state index contributed by atoms with van der Waals surface area (Å²) < 4.78 is 12.0. The highest BCUT2D eigenvalue weighted by Gasteiger charge is 2.51. The number of rotatable bonds is 4. The molecule has 0 radical (unpaired) electrons. The van der Waals surface area contributed by atoms with E-state index in [0.29, 0.717) is 0 Å². The molecule has 0 bridgehead atoms. The van der Waals surface area contributed by atoms with Crippen LogP contribution in [0.15, 0.2) is 60.7 Å². The maximum atomic E-state index is 13.5. The Morgan fingerprint density at radius 3 is 2.16 bits per heavy atom. The van der Waals surface area contributed by atoms with Crippen molar-refractivity contribution >= 4 is 12.0 Å². The molecule has 0 aromatic heterocycles. The summed E-state index contributed by atoms with van der Waals surface area (Å²) in [5, 5.41) is 3.01. The molecule has 6 nitrogen and oxygen atoms in total. The first-order chi connectivity index (χ1) is 15.2. The molecule has 2 aromatic carbocycles. The number of benzene rings is 2. The predicted molar refractivity (Wildman–Crippen MR) is 115 cm³/mol. The van der Waals surface area contributed by atoms with Gasteiger partial charge in [0, 0.05) is 5.56 Å². The van der Waals surface area contributed by atoms with Gasteiger partial charge in [0.15, 0.2) is 6.23 Å². The fourth-order valence-electron chi connectivity index (χ4n) is 5.21.